The second-order valence-electron chi connectivity index (χ2n) is 3.95. The van der Waals surface area contributed by atoms with E-state index in [0.717, 1.165) is 6.42 Å². The molecule has 1 atom stereocenters. The lowest BCUT2D eigenvalue weighted by atomic mass is 10.1. The number of nitrogens with zero attached hydrogens (tertiary/aromatic N) is 3. The van der Waals surface area contributed by atoms with Gasteiger partial charge in [-0.2, -0.15) is 5.26 Å². The van der Waals surface area contributed by atoms with Crippen LogP contribution >= 0.6 is 0 Å². The fourth-order valence-corrected chi connectivity index (χ4v) is 2.27. The maximum atomic E-state index is 11.5. The fraction of sp³-hybridized carbons (Fsp3) is 0.700. The van der Waals surface area contributed by atoms with Crippen LogP contribution in [0.25, 0.3) is 0 Å². The highest BCUT2D eigenvalue weighted by Crippen LogP contribution is 2.22. The van der Waals surface area contributed by atoms with Crippen LogP contribution in [0, 0.1) is 11.3 Å². The van der Waals surface area contributed by atoms with Crippen molar-refractivity contribution in [3.05, 3.63) is 0 Å². The number of hydrogen-bond donors (Lipinski definition) is 0. The predicted molar refractivity (Wildman–Crippen MR) is 51.5 cm³/mol. The summed E-state index contributed by atoms with van der Waals surface area (Å²) < 4.78 is 0. The van der Waals surface area contributed by atoms with Crippen molar-refractivity contribution in [3.8, 4) is 6.07 Å². The molecule has 2 amide bonds. The van der Waals surface area contributed by atoms with Crippen LogP contribution in [0.1, 0.15) is 19.3 Å². The molecule has 5 nitrogen and oxygen atoms in total. The zero-order valence-corrected chi connectivity index (χ0v) is 8.48. The first-order valence-corrected chi connectivity index (χ1v) is 5.16. The van der Waals surface area contributed by atoms with Crippen molar-refractivity contribution in [1.82, 2.24) is 9.80 Å². The van der Waals surface area contributed by atoms with E-state index in [1.807, 2.05) is 11.0 Å². The highest BCUT2D eigenvalue weighted by molar-refractivity contribution is 5.81. The molecule has 2 rings (SSSR count). The van der Waals surface area contributed by atoms with E-state index in [-0.39, 0.29) is 24.3 Å². The van der Waals surface area contributed by atoms with Gasteiger partial charge in [-0.05, 0) is 6.42 Å². The van der Waals surface area contributed by atoms with E-state index in [2.05, 4.69) is 0 Å². The molecule has 0 aromatic rings. The first-order valence-electron chi connectivity index (χ1n) is 5.16. The monoisotopic (exact) mass is 207 g/mol. The van der Waals surface area contributed by atoms with Gasteiger partial charge in [0.1, 0.15) is 6.42 Å². The first kappa shape index (κ1) is 9.97. The summed E-state index contributed by atoms with van der Waals surface area (Å²) in [4.78, 5) is 26.4. The Morgan fingerprint density at radius 1 is 1.53 bits per heavy atom. The molecule has 2 aliphatic rings. The third-order valence-electron chi connectivity index (χ3n) is 3.08. The lowest BCUT2D eigenvalue weighted by molar-refractivity contribution is -0.138. The van der Waals surface area contributed by atoms with Gasteiger partial charge in [0, 0.05) is 32.1 Å². The Morgan fingerprint density at radius 2 is 2.33 bits per heavy atom. The summed E-state index contributed by atoms with van der Waals surface area (Å²) in [6.07, 6.45) is 1.39. The Kier molecular flexibility index (Phi) is 2.58. The predicted octanol–water partition coefficient (Wildman–Crippen LogP) is -0.267. The molecule has 0 radical (unpaired) electrons. The van der Waals surface area contributed by atoms with Crippen molar-refractivity contribution >= 4 is 11.8 Å². The molecule has 2 heterocycles. The Labute approximate surface area is 88.2 Å². The molecule has 80 valence electrons. The SMILES string of the molecule is N#CCC(=O)N1CCN2C(=O)CCC2C1. The van der Waals surface area contributed by atoms with Crippen LogP contribution in [-0.4, -0.2) is 47.3 Å². The Bertz CT molecular complexity index is 334. The van der Waals surface area contributed by atoms with E-state index in [4.69, 9.17) is 5.26 Å². The highest BCUT2D eigenvalue weighted by Gasteiger charge is 2.36. The standard InChI is InChI=1S/C10H13N3O2/c11-4-3-9(14)12-5-6-13-8(7-12)1-2-10(13)15/h8H,1-3,5-7H2. The highest BCUT2D eigenvalue weighted by atomic mass is 16.2. The molecule has 0 saturated carbocycles. The number of piperazine rings is 1. The van der Waals surface area contributed by atoms with E-state index in [1.165, 1.54) is 0 Å². The molecule has 0 aromatic heterocycles. The smallest absolute Gasteiger partial charge is 0.236 e. The van der Waals surface area contributed by atoms with Crippen LogP contribution in [0.3, 0.4) is 0 Å². The Hall–Kier alpha value is -1.57. The maximum absolute atomic E-state index is 11.5. The minimum absolute atomic E-state index is 0.0549. The van der Waals surface area contributed by atoms with Gasteiger partial charge in [-0.25, -0.2) is 0 Å². The molecule has 15 heavy (non-hydrogen) atoms. The molecule has 0 aromatic carbocycles. The van der Waals surface area contributed by atoms with Crippen molar-refractivity contribution in [2.75, 3.05) is 19.6 Å². The quantitative estimate of drug-likeness (QED) is 0.594. The van der Waals surface area contributed by atoms with E-state index >= 15 is 0 Å². The minimum Gasteiger partial charge on any atom is -0.338 e. The van der Waals surface area contributed by atoms with Crippen LogP contribution in [0.5, 0.6) is 0 Å². The van der Waals surface area contributed by atoms with Crippen LogP contribution < -0.4 is 0 Å². The van der Waals surface area contributed by atoms with Gasteiger partial charge in [0.15, 0.2) is 0 Å². The second-order valence-corrected chi connectivity index (χ2v) is 3.95. The molecule has 1 unspecified atom stereocenters. The van der Waals surface area contributed by atoms with Crippen LogP contribution in [-0.2, 0) is 9.59 Å². The fourth-order valence-electron chi connectivity index (χ4n) is 2.27. The summed E-state index contributed by atoms with van der Waals surface area (Å²) in [7, 11) is 0. The van der Waals surface area contributed by atoms with Gasteiger partial charge in [0.25, 0.3) is 0 Å². The molecule has 0 spiro atoms. The van der Waals surface area contributed by atoms with Crippen molar-refractivity contribution < 1.29 is 9.59 Å². The second kappa shape index (κ2) is 3.89. The van der Waals surface area contributed by atoms with E-state index < -0.39 is 0 Å². The topological polar surface area (TPSA) is 64.4 Å². The maximum Gasteiger partial charge on any atom is 0.236 e. The summed E-state index contributed by atoms with van der Waals surface area (Å²) in [6, 6.07) is 2.05. The van der Waals surface area contributed by atoms with Gasteiger partial charge in [-0.15, -0.1) is 0 Å². The molecule has 0 N–H and O–H groups in total. The van der Waals surface area contributed by atoms with E-state index in [0.29, 0.717) is 26.1 Å². The lowest BCUT2D eigenvalue weighted by Crippen LogP contribution is -2.53. The van der Waals surface area contributed by atoms with Gasteiger partial charge in [0.2, 0.25) is 11.8 Å². The molecular formula is C10H13N3O2. The molecule has 5 heteroatoms. The third-order valence-corrected chi connectivity index (χ3v) is 3.08. The average molecular weight is 207 g/mol. The van der Waals surface area contributed by atoms with Gasteiger partial charge < -0.3 is 9.80 Å². The number of carbonyl (C=O) groups excluding carboxylic acids is 2. The number of hydrogen-bond acceptors (Lipinski definition) is 3. The van der Waals surface area contributed by atoms with Crippen LogP contribution in [0.2, 0.25) is 0 Å². The molecule has 2 aliphatic heterocycles. The normalized spacial score (nSPS) is 25.0. The zero-order chi connectivity index (χ0) is 10.8. The molecule has 0 bridgehead atoms. The summed E-state index contributed by atoms with van der Waals surface area (Å²) in [6.45, 7) is 1.80. The Morgan fingerprint density at radius 3 is 3.07 bits per heavy atom. The molecule has 2 fully saturated rings. The third kappa shape index (κ3) is 1.80. The zero-order valence-electron chi connectivity index (χ0n) is 8.48. The van der Waals surface area contributed by atoms with Gasteiger partial charge in [-0.1, -0.05) is 0 Å². The van der Waals surface area contributed by atoms with Crippen molar-refractivity contribution in [2.45, 2.75) is 25.3 Å². The molecule has 2 saturated heterocycles. The number of amides is 2. The van der Waals surface area contributed by atoms with Crippen molar-refractivity contribution in [2.24, 2.45) is 0 Å². The average Bonchev–Trinajstić information content (AvgIpc) is 2.60. The summed E-state index contributed by atoms with van der Waals surface area (Å²) in [5, 5.41) is 8.43. The summed E-state index contributed by atoms with van der Waals surface area (Å²) in [5.41, 5.74) is 0. The van der Waals surface area contributed by atoms with Crippen LogP contribution in [0.15, 0.2) is 0 Å². The summed E-state index contributed by atoms with van der Waals surface area (Å²) in [5.74, 6) is 0.0869. The summed E-state index contributed by atoms with van der Waals surface area (Å²) >= 11 is 0. The largest absolute Gasteiger partial charge is 0.338 e. The first-order chi connectivity index (χ1) is 7.22. The molecule has 0 aliphatic carbocycles. The number of carbonyl (C=O) groups is 2. The van der Waals surface area contributed by atoms with Crippen LogP contribution in [0.4, 0.5) is 0 Å². The number of rotatable bonds is 1. The van der Waals surface area contributed by atoms with Crippen molar-refractivity contribution in [1.29, 1.82) is 5.26 Å². The number of fused-ring (bicyclic) bond motifs is 1. The number of nitriles is 1. The molecular weight excluding hydrogens is 194 g/mol. The van der Waals surface area contributed by atoms with Gasteiger partial charge in [0.05, 0.1) is 6.07 Å². The van der Waals surface area contributed by atoms with E-state index in [1.54, 1.807) is 4.90 Å². The minimum atomic E-state index is -0.114. The van der Waals surface area contributed by atoms with Gasteiger partial charge in [-0.3, -0.25) is 9.59 Å². The van der Waals surface area contributed by atoms with Gasteiger partial charge >= 0.3 is 0 Å². The van der Waals surface area contributed by atoms with E-state index in [9.17, 15) is 9.59 Å². The Balaban J connectivity index is 1.96. The lowest BCUT2D eigenvalue weighted by Gasteiger charge is -2.37. The van der Waals surface area contributed by atoms with Crippen molar-refractivity contribution in [3.63, 3.8) is 0 Å².